The Kier molecular flexibility index (Phi) is 4.50. The monoisotopic (exact) mass is 283 g/mol. The molecular formula is C13H15ClFN3O. The fourth-order valence-corrected chi connectivity index (χ4v) is 2.20. The molecule has 1 saturated heterocycles. The van der Waals surface area contributed by atoms with Crippen LogP contribution in [0.5, 0.6) is 0 Å². The van der Waals surface area contributed by atoms with Crippen LogP contribution in [0.25, 0.3) is 11.4 Å². The van der Waals surface area contributed by atoms with Gasteiger partial charge in [0.15, 0.2) is 0 Å². The van der Waals surface area contributed by atoms with Crippen LogP contribution in [-0.4, -0.2) is 22.7 Å². The SMILES string of the molecule is Cl.Fc1ccc(-c2noc(CC3CCCN3)n2)cc1. The van der Waals surface area contributed by atoms with Gasteiger partial charge in [0.1, 0.15) is 5.82 Å². The van der Waals surface area contributed by atoms with Gasteiger partial charge < -0.3 is 9.84 Å². The highest BCUT2D eigenvalue weighted by molar-refractivity contribution is 5.85. The minimum Gasteiger partial charge on any atom is -0.339 e. The van der Waals surface area contributed by atoms with Gasteiger partial charge in [-0.15, -0.1) is 12.4 Å². The lowest BCUT2D eigenvalue weighted by atomic mass is 10.1. The first kappa shape index (κ1) is 14.0. The van der Waals surface area contributed by atoms with Crippen LogP contribution in [0.15, 0.2) is 28.8 Å². The van der Waals surface area contributed by atoms with Crippen molar-refractivity contribution >= 4 is 12.4 Å². The summed E-state index contributed by atoms with van der Waals surface area (Å²) in [5.74, 6) is 0.884. The van der Waals surface area contributed by atoms with E-state index in [1.807, 2.05) is 0 Å². The number of rotatable bonds is 3. The van der Waals surface area contributed by atoms with Gasteiger partial charge in [0.25, 0.3) is 0 Å². The van der Waals surface area contributed by atoms with Gasteiger partial charge in [0, 0.05) is 18.0 Å². The van der Waals surface area contributed by atoms with Crippen LogP contribution in [0.1, 0.15) is 18.7 Å². The summed E-state index contributed by atoms with van der Waals surface area (Å²) < 4.78 is 18.0. The fraction of sp³-hybridized carbons (Fsp3) is 0.385. The Morgan fingerprint density at radius 2 is 2.11 bits per heavy atom. The van der Waals surface area contributed by atoms with Crippen molar-refractivity contribution in [1.82, 2.24) is 15.5 Å². The minimum atomic E-state index is -0.266. The second-order valence-electron chi connectivity index (χ2n) is 4.52. The van der Waals surface area contributed by atoms with E-state index in [1.165, 1.54) is 18.6 Å². The second kappa shape index (κ2) is 6.12. The summed E-state index contributed by atoms with van der Waals surface area (Å²) in [7, 11) is 0. The Balaban J connectivity index is 0.00000133. The smallest absolute Gasteiger partial charge is 0.228 e. The molecule has 3 rings (SSSR count). The molecule has 0 aliphatic carbocycles. The van der Waals surface area contributed by atoms with E-state index in [2.05, 4.69) is 15.5 Å². The lowest BCUT2D eigenvalue weighted by molar-refractivity contribution is 0.364. The Morgan fingerprint density at radius 3 is 2.79 bits per heavy atom. The molecule has 0 amide bonds. The topological polar surface area (TPSA) is 51.0 Å². The Bertz CT molecular complexity index is 523. The number of hydrogen-bond donors (Lipinski definition) is 1. The summed E-state index contributed by atoms with van der Waals surface area (Å²) in [6, 6.07) is 6.52. The van der Waals surface area contributed by atoms with Gasteiger partial charge in [0.05, 0.1) is 0 Å². The molecular weight excluding hydrogens is 269 g/mol. The lowest BCUT2D eigenvalue weighted by Gasteiger charge is -2.04. The molecule has 1 atom stereocenters. The van der Waals surface area contributed by atoms with Gasteiger partial charge in [-0.1, -0.05) is 5.16 Å². The van der Waals surface area contributed by atoms with Crippen LogP contribution in [0.4, 0.5) is 4.39 Å². The highest BCUT2D eigenvalue weighted by Gasteiger charge is 2.18. The highest BCUT2D eigenvalue weighted by Crippen LogP contribution is 2.17. The van der Waals surface area contributed by atoms with Gasteiger partial charge in [0.2, 0.25) is 11.7 Å². The quantitative estimate of drug-likeness (QED) is 0.941. The van der Waals surface area contributed by atoms with Crippen LogP contribution in [0, 0.1) is 5.82 Å². The third-order valence-electron chi connectivity index (χ3n) is 3.15. The zero-order valence-electron chi connectivity index (χ0n) is 10.3. The first-order chi connectivity index (χ1) is 8.81. The summed E-state index contributed by atoms with van der Waals surface area (Å²) in [6.45, 7) is 1.06. The first-order valence-electron chi connectivity index (χ1n) is 6.13. The van der Waals surface area contributed by atoms with E-state index in [0.29, 0.717) is 17.8 Å². The van der Waals surface area contributed by atoms with Crippen molar-refractivity contribution < 1.29 is 8.91 Å². The molecule has 2 heterocycles. The van der Waals surface area contributed by atoms with Gasteiger partial charge in [-0.2, -0.15) is 4.98 Å². The molecule has 4 nitrogen and oxygen atoms in total. The molecule has 1 fully saturated rings. The Labute approximate surface area is 116 Å². The summed E-state index contributed by atoms with van der Waals surface area (Å²) in [4.78, 5) is 4.33. The van der Waals surface area contributed by atoms with Gasteiger partial charge in [-0.3, -0.25) is 0 Å². The predicted molar refractivity (Wildman–Crippen MR) is 71.7 cm³/mol. The molecule has 2 aromatic rings. The maximum atomic E-state index is 12.8. The maximum absolute atomic E-state index is 12.8. The van der Waals surface area contributed by atoms with E-state index in [9.17, 15) is 4.39 Å². The number of nitrogens with zero attached hydrogens (tertiary/aromatic N) is 2. The van der Waals surface area contributed by atoms with Crippen molar-refractivity contribution in [3.8, 4) is 11.4 Å². The van der Waals surface area contributed by atoms with E-state index < -0.39 is 0 Å². The molecule has 6 heteroatoms. The minimum absolute atomic E-state index is 0. The van der Waals surface area contributed by atoms with Crippen LogP contribution in [0.3, 0.4) is 0 Å². The first-order valence-corrected chi connectivity index (χ1v) is 6.13. The van der Waals surface area contributed by atoms with E-state index in [1.54, 1.807) is 12.1 Å². The second-order valence-corrected chi connectivity index (χ2v) is 4.52. The molecule has 1 unspecified atom stereocenters. The van der Waals surface area contributed by atoms with Crippen molar-refractivity contribution in [1.29, 1.82) is 0 Å². The summed E-state index contributed by atoms with van der Waals surface area (Å²) >= 11 is 0. The number of benzene rings is 1. The Morgan fingerprint density at radius 1 is 1.32 bits per heavy atom. The molecule has 0 saturated carbocycles. The summed E-state index contributed by atoms with van der Waals surface area (Å²) in [5.41, 5.74) is 0.769. The number of halogens is 2. The van der Waals surface area contributed by atoms with Crippen LogP contribution in [0.2, 0.25) is 0 Å². The fourth-order valence-electron chi connectivity index (χ4n) is 2.20. The normalized spacial score (nSPS) is 18.3. The number of nitrogens with one attached hydrogen (secondary N) is 1. The van der Waals surface area contributed by atoms with Crippen molar-refractivity contribution in [2.45, 2.75) is 25.3 Å². The highest BCUT2D eigenvalue weighted by atomic mass is 35.5. The van der Waals surface area contributed by atoms with Gasteiger partial charge in [-0.05, 0) is 43.7 Å². The predicted octanol–water partition coefficient (Wildman–Crippen LogP) is 2.59. The average molecular weight is 284 g/mol. The molecule has 0 bridgehead atoms. The van der Waals surface area contributed by atoms with E-state index in [-0.39, 0.29) is 18.2 Å². The Hall–Kier alpha value is -1.46. The summed E-state index contributed by atoms with van der Waals surface area (Å²) in [5, 5.41) is 7.31. The third kappa shape index (κ3) is 3.30. The third-order valence-corrected chi connectivity index (χ3v) is 3.15. The van der Waals surface area contributed by atoms with Crippen molar-refractivity contribution in [3.05, 3.63) is 36.0 Å². The lowest BCUT2D eigenvalue weighted by Crippen LogP contribution is -2.23. The molecule has 1 aromatic heterocycles. The standard InChI is InChI=1S/C13H14FN3O.ClH/c14-10-5-3-9(4-6-10)13-16-12(18-17-13)8-11-2-1-7-15-11;/h3-6,11,15H,1-2,7-8H2;1H. The number of aromatic nitrogens is 2. The molecule has 0 spiro atoms. The van der Waals surface area contributed by atoms with Crippen molar-refractivity contribution in [2.75, 3.05) is 6.54 Å². The van der Waals surface area contributed by atoms with E-state index in [4.69, 9.17) is 4.52 Å². The summed E-state index contributed by atoms with van der Waals surface area (Å²) in [6.07, 6.45) is 3.10. The largest absolute Gasteiger partial charge is 0.339 e. The van der Waals surface area contributed by atoms with Crippen LogP contribution in [-0.2, 0) is 6.42 Å². The molecule has 0 radical (unpaired) electrons. The van der Waals surface area contributed by atoms with Gasteiger partial charge in [-0.25, -0.2) is 4.39 Å². The van der Waals surface area contributed by atoms with Gasteiger partial charge >= 0.3 is 0 Å². The van der Waals surface area contributed by atoms with Crippen LogP contribution < -0.4 is 5.32 Å². The van der Waals surface area contributed by atoms with Crippen LogP contribution >= 0.6 is 12.4 Å². The molecule has 102 valence electrons. The molecule has 1 aliphatic rings. The molecule has 1 aromatic carbocycles. The van der Waals surface area contributed by atoms with E-state index in [0.717, 1.165) is 24.9 Å². The zero-order chi connectivity index (χ0) is 12.4. The number of hydrogen-bond acceptors (Lipinski definition) is 4. The molecule has 1 N–H and O–H groups in total. The zero-order valence-corrected chi connectivity index (χ0v) is 11.1. The van der Waals surface area contributed by atoms with E-state index >= 15 is 0 Å². The molecule has 1 aliphatic heterocycles. The average Bonchev–Trinajstić information content (AvgIpc) is 3.02. The van der Waals surface area contributed by atoms with Crippen molar-refractivity contribution in [3.63, 3.8) is 0 Å². The maximum Gasteiger partial charge on any atom is 0.228 e. The van der Waals surface area contributed by atoms with Crippen molar-refractivity contribution in [2.24, 2.45) is 0 Å². The molecule has 19 heavy (non-hydrogen) atoms.